The summed E-state index contributed by atoms with van der Waals surface area (Å²) in [6.45, 7) is 12.7. The Morgan fingerprint density at radius 1 is 0.213 bits per heavy atom. The van der Waals surface area contributed by atoms with E-state index in [0.29, 0.717) is 0 Å². The topological polar surface area (TPSA) is 0 Å². The van der Waals surface area contributed by atoms with E-state index < -0.39 is 0 Å². The van der Waals surface area contributed by atoms with Crippen molar-refractivity contribution >= 4 is 73.2 Å². The van der Waals surface area contributed by atoms with E-state index in [2.05, 4.69) is 332 Å². The van der Waals surface area contributed by atoms with E-state index in [9.17, 15) is 0 Å². The maximum atomic E-state index is 3.79. The Kier molecular flexibility index (Phi) is 30.2. The van der Waals surface area contributed by atoms with Gasteiger partial charge in [-0.1, -0.05) is 315 Å². The molecule has 9 aromatic carbocycles. The zero-order chi connectivity index (χ0) is 53.9. The van der Waals surface area contributed by atoms with Crippen molar-refractivity contribution in [1.29, 1.82) is 0 Å². The van der Waals surface area contributed by atoms with Crippen LogP contribution in [0.5, 0.6) is 0 Å². The van der Waals surface area contributed by atoms with Gasteiger partial charge in [0.15, 0.2) is 0 Å². The summed E-state index contributed by atoms with van der Waals surface area (Å²) in [5, 5.41) is 0. The molecular weight excluding hydrogens is 1020 g/mol. The highest BCUT2D eigenvalue weighted by Crippen LogP contribution is 2.50. The Labute approximate surface area is 482 Å². The summed E-state index contributed by atoms with van der Waals surface area (Å²) in [7, 11) is 0. The Balaban J connectivity index is 0.000000225. The van der Waals surface area contributed by atoms with Crippen molar-refractivity contribution in [2.45, 2.75) is 55.8 Å². The summed E-state index contributed by atoms with van der Waals surface area (Å²) in [5.41, 5.74) is 12.0. The van der Waals surface area contributed by atoms with Crippen molar-refractivity contribution in [3.8, 4) is 0 Å². The first-order valence-electron chi connectivity index (χ1n) is 26.1. The fourth-order valence-electron chi connectivity index (χ4n) is 8.96. The lowest BCUT2D eigenvalue weighted by Gasteiger charge is -2.35. The highest BCUT2D eigenvalue weighted by Gasteiger charge is 2.38. The molecule has 0 aromatic heterocycles. The van der Waals surface area contributed by atoms with Crippen LogP contribution in [-0.2, 0) is 14.2 Å². The Morgan fingerprint density at radius 2 is 0.307 bits per heavy atom. The maximum Gasteiger partial charge on any atom is 0.0906 e. The molecule has 0 unspecified atom stereocenters. The fourth-order valence-corrected chi connectivity index (χ4v) is 13.0. The first-order chi connectivity index (χ1) is 36.9. The van der Waals surface area contributed by atoms with Crippen LogP contribution >= 0.6 is 73.2 Å². The molecular formula is C69H78S6. The molecule has 0 spiro atoms. The lowest BCUT2D eigenvalue weighted by molar-refractivity contribution is 0.895. The van der Waals surface area contributed by atoms with E-state index in [1.165, 1.54) is 50.1 Å². The van der Waals surface area contributed by atoms with Crippen LogP contribution in [0, 0.1) is 0 Å². The maximum absolute atomic E-state index is 3.79. The third kappa shape index (κ3) is 17.6. The standard InChI is InChI=1S/3C21H20S.3C2H6S/c3*1-2-22-21(18-12-6-3-7-13-18,19-14-8-4-9-15-19)20-16-10-5-11-17-20;3*1-2-3/h3*3-17H,2H2,1H3;3*3H,2H2,1H3. The molecule has 0 aliphatic rings. The van der Waals surface area contributed by atoms with E-state index in [1.54, 1.807) is 0 Å². The highest BCUT2D eigenvalue weighted by atomic mass is 32.2. The molecule has 0 nitrogen and oxygen atoms in total. The summed E-state index contributed by atoms with van der Waals surface area (Å²) in [4.78, 5) is 0. The van der Waals surface area contributed by atoms with Gasteiger partial charge in [-0.2, -0.15) is 37.9 Å². The molecule has 0 bridgehead atoms. The SMILES string of the molecule is CCS.CCS.CCS.CCSC(c1ccccc1)(c1ccccc1)c1ccccc1.CCSC(c1ccccc1)(c1ccccc1)c1ccccc1.CCSC(c1ccccc1)(c1ccccc1)c1ccccc1. The number of hydrogen-bond acceptors (Lipinski definition) is 6. The number of hydrogen-bond donors (Lipinski definition) is 3. The van der Waals surface area contributed by atoms with Crippen molar-refractivity contribution in [2.24, 2.45) is 0 Å². The lowest BCUT2D eigenvalue weighted by atomic mass is 9.84. The molecule has 0 fully saturated rings. The summed E-state index contributed by atoms with van der Waals surface area (Å²) >= 11 is 17.3. The van der Waals surface area contributed by atoms with Crippen LogP contribution in [0.1, 0.15) is 91.6 Å². The molecule has 0 radical (unpaired) electrons. The third-order valence-corrected chi connectivity index (χ3v) is 16.0. The van der Waals surface area contributed by atoms with Gasteiger partial charge in [0.1, 0.15) is 0 Å². The molecule has 0 saturated heterocycles. The molecule has 0 N–H and O–H groups in total. The van der Waals surface area contributed by atoms with Crippen molar-refractivity contribution in [3.05, 3.63) is 323 Å². The van der Waals surface area contributed by atoms with Gasteiger partial charge in [-0.3, -0.25) is 0 Å². The van der Waals surface area contributed by atoms with Gasteiger partial charge in [0.2, 0.25) is 0 Å². The molecule has 0 amide bonds. The predicted molar refractivity (Wildman–Crippen MR) is 351 cm³/mol. The summed E-state index contributed by atoms with van der Waals surface area (Å²) < 4.78 is -0.463. The quantitative estimate of drug-likeness (QED) is 0.0692. The van der Waals surface area contributed by atoms with E-state index >= 15 is 0 Å². The van der Waals surface area contributed by atoms with Gasteiger partial charge in [-0.05, 0) is 84.6 Å². The number of thioether (sulfide) groups is 3. The molecule has 9 aromatic rings. The van der Waals surface area contributed by atoms with E-state index in [4.69, 9.17) is 0 Å². The number of benzene rings is 9. The molecule has 75 heavy (non-hydrogen) atoms. The monoisotopic (exact) mass is 1100 g/mol. The average Bonchev–Trinajstić information content (AvgIpc) is 3.48. The van der Waals surface area contributed by atoms with Crippen LogP contribution < -0.4 is 0 Å². The van der Waals surface area contributed by atoms with Crippen LogP contribution in [0.3, 0.4) is 0 Å². The second-order valence-corrected chi connectivity index (χ2v) is 22.9. The van der Waals surface area contributed by atoms with E-state index in [0.717, 1.165) is 34.5 Å². The second-order valence-electron chi connectivity index (χ2n) is 16.6. The third-order valence-electron chi connectivity index (χ3n) is 11.7. The van der Waals surface area contributed by atoms with E-state index in [-0.39, 0.29) is 14.2 Å². The van der Waals surface area contributed by atoms with Crippen LogP contribution in [-0.4, -0.2) is 34.5 Å². The molecule has 0 aliphatic carbocycles. The highest BCUT2D eigenvalue weighted by molar-refractivity contribution is 8.01. The fraction of sp³-hybridized carbons (Fsp3) is 0.217. The Bertz CT molecular complexity index is 2150. The lowest BCUT2D eigenvalue weighted by Crippen LogP contribution is -2.25. The van der Waals surface area contributed by atoms with Crippen LogP contribution in [0.25, 0.3) is 0 Å². The minimum Gasteiger partial charge on any atom is -0.180 e. The Morgan fingerprint density at radius 3 is 0.387 bits per heavy atom. The zero-order valence-corrected chi connectivity index (χ0v) is 49.9. The van der Waals surface area contributed by atoms with Gasteiger partial charge in [0.25, 0.3) is 0 Å². The number of rotatable bonds is 15. The minimum absolute atomic E-state index is 0.154. The van der Waals surface area contributed by atoms with Crippen molar-refractivity contribution in [2.75, 3.05) is 34.5 Å². The predicted octanol–water partition coefficient (Wildman–Crippen LogP) is 20.0. The summed E-state index contributed by atoms with van der Waals surface area (Å²) in [6.07, 6.45) is 0. The molecule has 0 saturated carbocycles. The number of thiol groups is 3. The largest absolute Gasteiger partial charge is 0.180 e. The minimum atomic E-state index is -0.154. The van der Waals surface area contributed by atoms with Crippen LogP contribution in [0.4, 0.5) is 0 Å². The molecule has 0 heterocycles. The first kappa shape index (κ1) is 62.6. The van der Waals surface area contributed by atoms with Crippen molar-refractivity contribution in [3.63, 3.8) is 0 Å². The van der Waals surface area contributed by atoms with Gasteiger partial charge in [0.05, 0.1) is 14.2 Å². The summed E-state index contributed by atoms with van der Waals surface area (Å²) in [5.74, 6) is 6.00. The van der Waals surface area contributed by atoms with Gasteiger partial charge in [0, 0.05) is 0 Å². The molecule has 0 aliphatic heterocycles. The van der Waals surface area contributed by atoms with Crippen LogP contribution in [0.15, 0.2) is 273 Å². The average molecular weight is 1100 g/mol. The van der Waals surface area contributed by atoms with Crippen molar-refractivity contribution < 1.29 is 0 Å². The Hall–Kier alpha value is -4.92. The normalized spacial score (nSPS) is 10.7. The van der Waals surface area contributed by atoms with Gasteiger partial charge in [-0.15, -0.1) is 35.3 Å². The van der Waals surface area contributed by atoms with E-state index in [1.807, 2.05) is 56.1 Å². The van der Waals surface area contributed by atoms with Gasteiger partial charge in [-0.25, -0.2) is 0 Å². The summed E-state index contributed by atoms with van der Waals surface area (Å²) in [6, 6.07) is 97.4. The van der Waals surface area contributed by atoms with Crippen LogP contribution in [0.2, 0.25) is 0 Å². The first-order valence-corrected chi connectivity index (χ1v) is 31.0. The van der Waals surface area contributed by atoms with Gasteiger partial charge >= 0.3 is 0 Å². The molecule has 390 valence electrons. The molecule has 6 heteroatoms. The zero-order valence-electron chi connectivity index (χ0n) is 44.8. The molecule has 9 rings (SSSR count). The van der Waals surface area contributed by atoms with Crippen molar-refractivity contribution in [1.82, 2.24) is 0 Å². The smallest absolute Gasteiger partial charge is 0.0906 e. The van der Waals surface area contributed by atoms with Gasteiger partial charge < -0.3 is 0 Å². The second kappa shape index (κ2) is 36.2. The molecule has 0 atom stereocenters.